The number of aliphatic hydroxyl groups is 1. The Morgan fingerprint density at radius 1 is 1.40 bits per heavy atom. The lowest BCUT2D eigenvalue weighted by Gasteiger charge is -2.28. The number of nitrogens with two attached hydrogens (primary N) is 1. The molecule has 0 amide bonds. The van der Waals surface area contributed by atoms with Crippen molar-refractivity contribution in [3.8, 4) is 0 Å². The summed E-state index contributed by atoms with van der Waals surface area (Å²) < 4.78 is 38.6. The highest BCUT2D eigenvalue weighted by molar-refractivity contribution is 6.04. The van der Waals surface area contributed by atoms with Crippen LogP contribution in [0.2, 0.25) is 0 Å². The molecule has 3 aliphatic rings. The van der Waals surface area contributed by atoms with E-state index in [0.29, 0.717) is 18.1 Å². The molecule has 0 aromatic rings. The zero-order valence-electron chi connectivity index (χ0n) is 14.2. The molecule has 4 atom stereocenters. The molecule has 4 unspecified atom stereocenters. The number of fused-ring (bicyclic) bond motifs is 1. The van der Waals surface area contributed by atoms with Crippen molar-refractivity contribution < 1.29 is 18.3 Å². The molecule has 0 spiro atoms. The number of aliphatic hydroxyl groups excluding tert-OH is 1. The molecule has 3 rings (SSSR count). The zero-order valence-corrected chi connectivity index (χ0v) is 14.2. The molecule has 0 aromatic heterocycles. The summed E-state index contributed by atoms with van der Waals surface area (Å²) in [5.74, 6) is 0.444. The topological polar surface area (TPSA) is 83.0 Å². The average Bonchev–Trinajstić information content (AvgIpc) is 3.00. The van der Waals surface area contributed by atoms with E-state index in [1.165, 1.54) is 0 Å². The van der Waals surface area contributed by atoms with Crippen molar-refractivity contribution in [2.75, 3.05) is 0 Å². The standard InChI is InChI=1S/C17H21F3N4O/c1-7-4-13-14(15(7)25)16(24-9(3)23-13)22-8(2)11-5-10(6-12(11)21)17(18,19)20/h5-6,8,11,13-14,25H,4,21H2,1-3H3,(H,22,23,24). The number of nitrogens with zero attached hydrogens (tertiary/aromatic N) is 2. The van der Waals surface area contributed by atoms with Crippen LogP contribution in [0.4, 0.5) is 13.2 Å². The van der Waals surface area contributed by atoms with Gasteiger partial charge in [-0.25, -0.2) is 0 Å². The van der Waals surface area contributed by atoms with Crippen LogP contribution in [0.15, 0.2) is 44.7 Å². The number of hydrogen-bond acceptors (Lipinski definition) is 4. The minimum Gasteiger partial charge on any atom is -0.512 e. The van der Waals surface area contributed by atoms with Gasteiger partial charge in [0.15, 0.2) is 0 Å². The predicted molar refractivity (Wildman–Crippen MR) is 90.3 cm³/mol. The normalized spacial score (nSPS) is 32.2. The summed E-state index contributed by atoms with van der Waals surface area (Å²) in [6.45, 7) is 5.36. The van der Waals surface area contributed by atoms with Gasteiger partial charge in [0.05, 0.1) is 29.4 Å². The maximum Gasteiger partial charge on any atom is 0.416 e. The summed E-state index contributed by atoms with van der Waals surface area (Å²) in [6.07, 6.45) is -1.71. The van der Waals surface area contributed by atoms with Gasteiger partial charge in [0, 0.05) is 11.6 Å². The first kappa shape index (κ1) is 17.6. The van der Waals surface area contributed by atoms with E-state index in [9.17, 15) is 18.3 Å². The van der Waals surface area contributed by atoms with Gasteiger partial charge in [-0.1, -0.05) is 6.08 Å². The molecule has 0 fully saturated rings. The molecule has 1 heterocycles. The van der Waals surface area contributed by atoms with Gasteiger partial charge < -0.3 is 16.2 Å². The fraction of sp³-hybridized carbons (Fsp3) is 0.529. The maximum atomic E-state index is 12.9. The van der Waals surface area contributed by atoms with Gasteiger partial charge in [0.2, 0.25) is 0 Å². The second-order valence-corrected chi connectivity index (χ2v) is 6.80. The molecule has 0 radical (unpaired) electrons. The Hall–Kier alpha value is -2.25. The van der Waals surface area contributed by atoms with Crippen LogP contribution >= 0.6 is 0 Å². The smallest absolute Gasteiger partial charge is 0.416 e. The average molecular weight is 354 g/mol. The Labute approximate surface area is 143 Å². The fourth-order valence-corrected chi connectivity index (χ4v) is 3.58. The first-order chi connectivity index (χ1) is 11.6. The Morgan fingerprint density at radius 2 is 2.08 bits per heavy atom. The number of allylic oxidation sites excluding steroid dienone is 2. The van der Waals surface area contributed by atoms with Crippen molar-refractivity contribution in [3.63, 3.8) is 0 Å². The van der Waals surface area contributed by atoms with Gasteiger partial charge in [0.25, 0.3) is 0 Å². The molecule has 8 heteroatoms. The van der Waals surface area contributed by atoms with Crippen LogP contribution in [0.1, 0.15) is 27.2 Å². The molecule has 25 heavy (non-hydrogen) atoms. The molecule has 1 aliphatic heterocycles. The number of halogens is 3. The van der Waals surface area contributed by atoms with Crippen molar-refractivity contribution in [3.05, 3.63) is 34.8 Å². The summed E-state index contributed by atoms with van der Waals surface area (Å²) in [7, 11) is 0. The Bertz CT molecular complexity index is 745. The van der Waals surface area contributed by atoms with Crippen molar-refractivity contribution >= 4 is 11.7 Å². The van der Waals surface area contributed by atoms with Crippen LogP contribution in [0.3, 0.4) is 0 Å². The number of aliphatic imine (C=N–C) groups is 2. The van der Waals surface area contributed by atoms with Gasteiger partial charge in [-0.05, 0) is 38.8 Å². The maximum absolute atomic E-state index is 12.9. The molecule has 4 N–H and O–H groups in total. The zero-order chi connectivity index (χ0) is 18.5. The minimum absolute atomic E-state index is 0.120. The minimum atomic E-state index is -4.42. The molecular weight excluding hydrogens is 333 g/mol. The summed E-state index contributed by atoms with van der Waals surface area (Å²) in [4.78, 5) is 9.05. The quantitative estimate of drug-likeness (QED) is 0.713. The Kier molecular flexibility index (Phi) is 4.17. The molecule has 136 valence electrons. The van der Waals surface area contributed by atoms with Gasteiger partial charge >= 0.3 is 6.18 Å². The molecule has 0 saturated carbocycles. The van der Waals surface area contributed by atoms with E-state index in [1.54, 1.807) is 13.8 Å². The van der Waals surface area contributed by atoms with Gasteiger partial charge in [-0.3, -0.25) is 9.98 Å². The number of alkyl halides is 3. The molecule has 0 saturated heterocycles. The molecule has 0 bridgehead atoms. The molecule has 2 aliphatic carbocycles. The lowest BCUT2D eigenvalue weighted by Crippen LogP contribution is -2.45. The highest BCUT2D eigenvalue weighted by Gasteiger charge is 2.41. The van der Waals surface area contributed by atoms with Crippen LogP contribution in [0, 0.1) is 11.8 Å². The fourth-order valence-electron chi connectivity index (χ4n) is 3.58. The van der Waals surface area contributed by atoms with Crippen molar-refractivity contribution in [2.45, 2.75) is 45.5 Å². The second-order valence-electron chi connectivity index (χ2n) is 6.80. The second kappa shape index (κ2) is 5.93. The Balaban J connectivity index is 1.89. The van der Waals surface area contributed by atoms with E-state index in [1.807, 2.05) is 6.92 Å². The first-order valence-corrected chi connectivity index (χ1v) is 8.11. The largest absolute Gasteiger partial charge is 0.512 e. The van der Waals surface area contributed by atoms with Crippen LogP contribution in [0.25, 0.3) is 0 Å². The van der Waals surface area contributed by atoms with Crippen molar-refractivity contribution in [1.29, 1.82) is 0 Å². The van der Waals surface area contributed by atoms with Gasteiger partial charge in [0.1, 0.15) is 11.6 Å². The number of amidine groups is 2. The van der Waals surface area contributed by atoms with Gasteiger partial charge in [-0.2, -0.15) is 13.2 Å². The van der Waals surface area contributed by atoms with E-state index < -0.39 is 23.7 Å². The van der Waals surface area contributed by atoms with E-state index in [4.69, 9.17) is 5.73 Å². The number of hydrogen-bond donors (Lipinski definition) is 3. The van der Waals surface area contributed by atoms with E-state index in [2.05, 4.69) is 15.3 Å². The number of rotatable bonds is 2. The van der Waals surface area contributed by atoms with Crippen molar-refractivity contribution in [2.24, 2.45) is 27.6 Å². The molecule has 5 nitrogen and oxygen atoms in total. The lowest BCUT2D eigenvalue weighted by atomic mass is 9.97. The summed E-state index contributed by atoms with van der Waals surface area (Å²) in [5, 5.41) is 13.4. The van der Waals surface area contributed by atoms with Gasteiger partial charge in [-0.15, -0.1) is 0 Å². The monoisotopic (exact) mass is 354 g/mol. The first-order valence-electron chi connectivity index (χ1n) is 8.11. The van der Waals surface area contributed by atoms with Crippen LogP contribution < -0.4 is 11.1 Å². The van der Waals surface area contributed by atoms with Crippen LogP contribution in [0.5, 0.6) is 0 Å². The SMILES string of the molecule is CC1=NC2CC(C)=C(O)C2C(=NC(C)C2C=C(C(F)(F)F)C=C2N)N1. The van der Waals surface area contributed by atoms with E-state index in [-0.39, 0.29) is 23.4 Å². The third kappa shape index (κ3) is 3.17. The molecular formula is C17H21F3N4O. The highest BCUT2D eigenvalue weighted by Crippen LogP contribution is 2.37. The third-order valence-corrected chi connectivity index (χ3v) is 4.85. The van der Waals surface area contributed by atoms with Crippen molar-refractivity contribution in [1.82, 2.24) is 5.32 Å². The molecule has 0 aromatic carbocycles. The third-order valence-electron chi connectivity index (χ3n) is 4.85. The summed E-state index contributed by atoms with van der Waals surface area (Å²) >= 11 is 0. The van der Waals surface area contributed by atoms with E-state index >= 15 is 0 Å². The highest BCUT2D eigenvalue weighted by atomic mass is 19.4. The predicted octanol–water partition coefficient (Wildman–Crippen LogP) is 2.98. The lowest BCUT2D eigenvalue weighted by molar-refractivity contribution is -0.0881. The summed E-state index contributed by atoms with van der Waals surface area (Å²) in [6, 6.07) is -0.621. The van der Waals surface area contributed by atoms with E-state index in [0.717, 1.165) is 17.7 Å². The Morgan fingerprint density at radius 3 is 2.68 bits per heavy atom. The van der Waals surface area contributed by atoms with Crippen LogP contribution in [-0.2, 0) is 0 Å². The number of nitrogens with one attached hydrogen (secondary N) is 1. The summed E-state index contributed by atoms with van der Waals surface area (Å²) in [5.41, 5.74) is 6.05. The van der Waals surface area contributed by atoms with Crippen LogP contribution in [-0.4, -0.2) is 35.0 Å².